The molecule has 9 nitrogen and oxygen atoms in total. The summed E-state index contributed by atoms with van der Waals surface area (Å²) in [7, 11) is 3.31. The van der Waals surface area contributed by atoms with Crippen molar-refractivity contribution >= 4 is 17.5 Å². The largest absolute Gasteiger partial charge is 0.573 e. The Balaban J connectivity index is 1.53. The molecule has 2 aliphatic heterocycles. The monoisotopic (exact) mass is 502 g/mol. The molecular weight excluding hydrogens is 469 g/mol. The Hall–Kier alpha value is -2.57. The van der Waals surface area contributed by atoms with Crippen molar-refractivity contribution in [2.45, 2.75) is 37.3 Å². The molecule has 2 atom stereocenters. The van der Waals surface area contributed by atoms with Crippen LogP contribution in [-0.4, -0.2) is 105 Å². The summed E-state index contributed by atoms with van der Waals surface area (Å²) >= 11 is 0. The van der Waals surface area contributed by atoms with Crippen molar-refractivity contribution in [3.63, 3.8) is 0 Å². The number of benzene rings is 1. The summed E-state index contributed by atoms with van der Waals surface area (Å²) in [6.45, 7) is 2.80. The zero-order valence-corrected chi connectivity index (χ0v) is 20.0. The molecule has 0 saturated carbocycles. The molecule has 3 rings (SSSR count). The van der Waals surface area contributed by atoms with E-state index in [0.29, 0.717) is 39.2 Å². The maximum Gasteiger partial charge on any atom is 0.573 e. The summed E-state index contributed by atoms with van der Waals surface area (Å²) in [4.78, 5) is 29.6. The Morgan fingerprint density at radius 3 is 2.57 bits per heavy atom. The van der Waals surface area contributed by atoms with Crippen LogP contribution in [0.15, 0.2) is 24.3 Å². The van der Waals surface area contributed by atoms with Crippen LogP contribution >= 0.6 is 0 Å². The molecule has 1 spiro atoms. The van der Waals surface area contributed by atoms with Crippen LogP contribution in [0.25, 0.3) is 0 Å². The maximum atomic E-state index is 12.4. The molecule has 1 aromatic carbocycles. The van der Waals surface area contributed by atoms with E-state index in [1.807, 2.05) is 4.90 Å². The molecule has 0 bridgehead atoms. The van der Waals surface area contributed by atoms with Crippen LogP contribution in [0.2, 0.25) is 0 Å². The first-order valence-corrected chi connectivity index (χ1v) is 11.6. The Morgan fingerprint density at radius 1 is 1.23 bits per heavy atom. The lowest BCUT2D eigenvalue weighted by atomic mass is 9.98. The highest BCUT2D eigenvalue weighted by molar-refractivity contribution is 5.79. The molecule has 2 amide bonds. The minimum atomic E-state index is -4.73. The lowest BCUT2D eigenvalue weighted by Crippen LogP contribution is -2.57. The third-order valence-electron chi connectivity index (χ3n) is 6.34. The van der Waals surface area contributed by atoms with E-state index in [9.17, 15) is 27.9 Å². The van der Waals surface area contributed by atoms with Gasteiger partial charge in [-0.15, -0.1) is 13.2 Å². The van der Waals surface area contributed by atoms with Crippen molar-refractivity contribution in [2.75, 3.05) is 64.9 Å². The van der Waals surface area contributed by atoms with Crippen LogP contribution in [0, 0.1) is 0 Å². The second-order valence-corrected chi connectivity index (χ2v) is 9.14. The molecule has 1 aromatic rings. The molecule has 35 heavy (non-hydrogen) atoms. The quantitative estimate of drug-likeness (QED) is 0.524. The van der Waals surface area contributed by atoms with Crippen LogP contribution in [0.3, 0.4) is 0 Å². The molecule has 12 heteroatoms. The third kappa shape index (κ3) is 7.71. The van der Waals surface area contributed by atoms with Gasteiger partial charge in [0.15, 0.2) is 0 Å². The minimum Gasteiger partial charge on any atom is -0.406 e. The molecule has 2 heterocycles. The third-order valence-corrected chi connectivity index (χ3v) is 6.34. The normalized spacial score (nSPS) is 21.7. The molecule has 0 aromatic heterocycles. The fourth-order valence-corrected chi connectivity index (χ4v) is 4.48. The Labute approximate surface area is 202 Å². The lowest BCUT2D eigenvalue weighted by molar-refractivity contribution is -0.274. The predicted molar refractivity (Wildman–Crippen MR) is 122 cm³/mol. The van der Waals surface area contributed by atoms with Gasteiger partial charge in [0.25, 0.3) is 0 Å². The average Bonchev–Trinajstić information content (AvgIpc) is 3.19. The zero-order valence-electron chi connectivity index (χ0n) is 20.0. The molecule has 0 aliphatic carbocycles. The average molecular weight is 503 g/mol. The van der Waals surface area contributed by atoms with Gasteiger partial charge < -0.3 is 29.7 Å². The van der Waals surface area contributed by atoms with Gasteiger partial charge in [-0.25, -0.2) is 0 Å². The molecule has 2 N–H and O–H groups in total. The number of morpholine rings is 1. The van der Waals surface area contributed by atoms with Crippen LogP contribution in [0.4, 0.5) is 18.9 Å². The van der Waals surface area contributed by atoms with Gasteiger partial charge in [0.1, 0.15) is 5.75 Å². The Bertz CT molecular complexity index is 868. The highest BCUT2D eigenvalue weighted by atomic mass is 19.4. The lowest BCUT2D eigenvalue weighted by Gasteiger charge is -2.43. The van der Waals surface area contributed by atoms with Gasteiger partial charge in [-0.2, -0.15) is 0 Å². The Morgan fingerprint density at radius 2 is 1.94 bits per heavy atom. The van der Waals surface area contributed by atoms with Gasteiger partial charge in [0.05, 0.1) is 18.8 Å². The van der Waals surface area contributed by atoms with E-state index in [1.54, 1.807) is 26.2 Å². The fraction of sp³-hybridized carbons (Fsp3) is 0.652. The number of ether oxygens (including phenoxy) is 2. The van der Waals surface area contributed by atoms with Gasteiger partial charge in [0.2, 0.25) is 11.8 Å². The van der Waals surface area contributed by atoms with Crippen molar-refractivity contribution in [2.24, 2.45) is 0 Å². The molecule has 0 radical (unpaired) electrons. The summed E-state index contributed by atoms with van der Waals surface area (Å²) in [5.41, 5.74) is 0.268. The molecule has 2 saturated heterocycles. The van der Waals surface area contributed by atoms with Crippen LogP contribution in [0.5, 0.6) is 5.75 Å². The number of nitrogens with zero attached hydrogens (tertiary/aromatic N) is 3. The van der Waals surface area contributed by atoms with Gasteiger partial charge in [-0.1, -0.05) is 0 Å². The summed E-state index contributed by atoms with van der Waals surface area (Å²) in [6.07, 6.45) is -3.71. The van der Waals surface area contributed by atoms with Gasteiger partial charge in [-0.3, -0.25) is 14.5 Å². The van der Waals surface area contributed by atoms with Crippen molar-refractivity contribution in [1.82, 2.24) is 15.1 Å². The number of hydrogen-bond donors (Lipinski definition) is 2. The van der Waals surface area contributed by atoms with E-state index in [4.69, 9.17) is 4.74 Å². The number of carbonyl (C=O) groups is 2. The standard InChI is InChI=1S/C23H33F3N4O5/c1-28(2)21(33)7-9-27-20(32)13-18(14-31)30-11-12-34-22(16-30)8-10-29(15-22)17-3-5-19(6-4-17)35-23(24,25)26/h3-6,18,31H,7-16H2,1-2H3,(H,27,32). The van der Waals surface area contributed by atoms with E-state index in [2.05, 4.69) is 15.0 Å². The highest BCUT2D eigenvalue weighted by Crippen LogP contribution is 2.34. The number of carbonyl (C=O) groups excluding carboxylic acids is 2. The van der Waals surface area contributed by atoms with Gasteiger partial charge in [0, 0.05) is 71.4 Å². The Kier molecular flexibility index (Phi) is 8.84. The first-order valence-electron chi connectivity index (χ1n) is 11.6. The summed E-state index contributed by atoms with van der Waals surface area (Å²) < 4.78 is 47.3. The van der Waals surface area contributed by atoms with E-state index >= 15 is 0 Å². The van der Waals surface area contributed by atoms with E-state index in [-0.39, 0.29) is 49.6 Å². The topological polar surface area (TPSA) is 94.6 Å². The number of alkyl halides is 3. The molecule has 2 fully saturated rings. The first-order chi connectivity index (χ1) is 16.5. The highest BCUT2D eigenvalue weighted by Gasteiger charge is 2.44. The second kappa shape index (κ2) is 11.4. The first kappa shape index (κ1) is 27.0. The summed E-state index contributed by atoms with van der Waals surface area (Å²) in [5.74, 6) is -0.580. The molecule has 196 valence electrons. The number of aliphatic hydroxyl groups is 1. The van der Waals surface area contributed by atoms with Crippen molar-refractivity contribution in [3.05, 3.63) is 24.3 Å². The van der Waals surface area contributed by atoms with Gasteiger partial charge >= 0.3 is 6.36 Å². The van der Waals surface area contributed by atoms with E-state index in [1.165, 1.54) is 17.0 Å². The van der Waals surface area contributed by atoms with E-state index < -0.39 is 12.0 Å². The number of hydrogen-bond acceptors (Lipinski definition) is 7. The summed E-state index contributed by atoms with van der Waals surface area (Å²) in [5, 5.41) is 12.7. The van der Waals surface area contributed by atoms with Crippen molar-refractivity contribution < 1.29 is 37.3 Å². The number of anilines is 1. The number of aliphatic hydroxyl groups excluding tert-OH is 1. The maximum absolute atomic E-state index is 12.4. The minimum absolute atomic E-state index is 0.0764. The molecular formula is C23H33F3N4O5. The number of amides is 2. The molecule has 2 aliphatic rings. The SMILES string of the molecule is CN(C)C(=O)CCNC(=O)CC(CO)N1CCOC2(CCN(c3ccc(OC(F)(F)F)cc3)C2)C1. The summed E-state index contributed by atoms with van der Waals surface area (Å²) in [6, 6.07) is 5.36. The molecule has 2 unspecified atom stereocenters. The van der Waals surface area contributed by atoms with Crippen molar-refractivity contribution in [3.8, 4) is 5.75 Å². The zero-order chi connectivity index (χ0) is 25.6. The second-order valence-electron chi connectivity index (χ2n) is 9.14. The van der Waals surface area contributed by atoms with Crippen LogP contribution < -0.4 is 15.0 Å². The van der Waals surface area contributed by atoms with Crippen LogP contribution in [-0.2, 0) is 14.3 Å². The van der Waals surface area contributed by atoms with E-state index in [0.717, 1.165) is 5.69 Å². The van der Waals surface area contributed by atoms with Crippen molar-refractivity contribution in [1.29, 1.82) is 0 Å². The van der Waals surface area contributed by atoms with Crippen LogP contribution in [0.1, 0.15) is 19.3 Å². The number of nitrogens with one attached hydrogen (secondary N) is 1. The number of rotatable bonds is 9. The predicted octanol–water partition coefficient (Wildman–Crippen LogP) is 1.21. The smallest absolute Gasteiger partial charge is 0.406 e. The fourth-order valence-electron chi connectivity index (χ4n) is 4.48. The number of halogens is 3. The van der Waals surface area contributed by atoms with Gasteiger partial charge in [-0.05, 0) is 30.7 Å².